The summed E-state index contributed by atoms with van der Waals surface area (Å²) in [6, 6.07) is 3.16. The number of hydrogen-bond donors (Lipinski definition) is 1. The van der Waals surface area contributed by atoms with Crippen LogP contribution in [0.5, 0.6) is 0 Å². The Bertz CT molecular complexity index is 409. The second-order valence-corrected chi connectivity index (χ2v) is 6.25. The van der Waals surface area contributed by atoms with Gasteiger partial charge in [-0.25, -0.2) is 13.1 Å². The molecule has 0 aliphatic carbocycles. The average Bonchev–Trinajstić information content (AvgIpc) is 2.35. The molecule has 0 saturated heterocycles. The Kier molecular flexibility index (Phi) is 6.69. The van der Waals surface area contributed by atoms with Crippen molar-refractivity contribution in [3.63, 3.8) is 0 Å². The molecule has 1 heterocycles. The van der Waals surface area contributed by atoms with E-state index in [-0.39, 0.29) is 4.90 Å². The first-order chi connectivity index (χ1) is 8.17. The number of pyridine rings is 1. The maximum absolute atomic E-state index is 11.8. The van der Waals surface area contributed by atoms with Crippen LogP contribution in [0.15, 0.2) is 29.4 Å². The molecule has 0 amide bonds. The largest absolute Gasteiger partial charge is 0.263 e. The average molecular weight is 321 g/mol. The topological polar surface area (TPSA) is 59.1 Å². The van der Waals surface area contributed by atoms with Crippen molar-refractivity contribution in [1.82, 2.24) is 9.71 Å². The summed E-state index contributed by atoms with van der Waals surface area (Å²) in [5, 5.41) is 1.01. The number of alkyl halides is 1. The standard InChI is InChI=1S/C11H17BrN2O2S/c12-7-3-1-2-4-9-14-17(15,16)11-6-5-8-13-10-11/h5-6,8,10,14H,1-4,7,9H2. The van der Waals surface area contributed by atoms with Crippen molar-refractivity contribution in [2.75, 3.05) is 11.9 Å². The number of halogens is 1. The SMILES string of the molecule is O=S(=O)(NCCCCCCBr)c1cccnc1. The summed E-state index contributed by atoms with van der Waals surface area (Å²) in [5.41, 5.74) is 0. The summed E-state index contributed by atoms with van der Waals surface area (Å²) in [4.78, 5) is 4.02. The van der Waals surface area contributed by atoms with E-state index in [0.29, 0.717) is 6.54 Å². The van der Waals surface area contributed by atoms with Crippen LogP contribution < -0.4 is 4.72 Å². The number of nitrogens with one attached hydrogen (secondary N) is 1. The van der Waals surface area contributed by atoms with Gasteiger partial charge in [-0.15, -0.1) is 0 Å². The van der Waals surface area contributed by atoms with Gasteiger partial charge in [0.25, 0.3) is 0 Å². The van der Waals surface area contributed by atoms with Crippen molar-refractivity contribution in [3.05, 3.63) is 24.5 Å². The van der Waals surface area contributed by atoms with Crippen LogP contribution in [0.2, 0.25) is 0 Å². The van der Waals surface area contributed by atoms with Crippen LogP contribution in [0.25, 0.3) is 0 Å². The molecule has 1 rings (SSSR count). The normalized spacial score (nSPS) is 11.6. The molecule has 0 unspecified atom stereocenters. The Morgan fingerprint density at radius 1 is 1.24 bits per heavy atom. The monoisotopic (exact) mass is 320 g/mol. The van der Waals surface area contributed by atoms with Gasteiger partial charge in [-0.05, 0) is 25.0 Å². The molecule has 96 valence electrons. The summed E-state index contributed by atoms with van der Waals surface area (Å²) < 4.78 is 26.1. The molecule has 0 aliphatic rings. The van der Waals surface area contributed by atoms with Crippen molar-refractivity contribution < 1.29 is 8.42 Å². The van der Waals surface area contributed by atoms with Gasteiger partial charge in [0.15, 0.2) is 0 Å². The van der Waals surface area contributed by atoms with Crippen LogP contribution in [0, 0.1) is 0 Å². The minimum Gasteiger partial charge on any atom is -0.263 e. The Hall–Kier alpha value is -0.460. The highest BCUT2D eigenvalue weighted by Crippen LogP contribution is 2.06. The van der Waals surface area contributed by atoms with Crippen molar-refractivity contribution in [3.8, 4) is 0 Å². The molecule has 0 radical (unpaired) electrons. The first kappa shape index (κ1) is 14.6. The smallest absolute Gasteiger partial charge is 0.242 e. The zero-order valence-electron chi connectivity index (χ0n) is 9.60. The van der Waals surface area contributed by atoms with Crippen LogP contribution in [0.4, 0.5) is 0 Å². The quantitative estimate of drug-likeness (QED) is 0.590. The Morgan fingerprint density at radius 2 is 2.00 bits per heavy atom. The van der Waals surface area contributed by atoms with E-state index in [9.17, 15) is 8.42 Å². The van der Waals surface area contributed by atoms with E-state index in [1.54, 1.807) is 18.3 Å². The van der Waals surface area contributed by atoms with Crippen molar-refractivity contribution in [2.45, 2.75) is 30.6 Å². The summed E-state index contributed by atoms with van der Waals surface area (Å²) >= 11 is 3.36. The highest BCUT2D eigenvalue weighted by molar-refractivity contribution is 9.09. The molecule has 0 aromatic carbocycles. The van der Waals surface area contributed by atoms with E-state index in [4.69, 9.17) is 0 Å². The van der Waals surface area contributed by atoms with Gasteiger partial charge >= 0.3 is 0 Å². The molecule has 0 bridgehead atoms. The molecular formula is C11H17BrN2O2S. The summed E-state index contributed by atoms with van der Waals surface area (Å²) in [6.07, 6.45) is 7.08. The van der Waals surface area contributed by atoms with E-state index in [2.05, 4.69) is 25.6 Å². The number of unbranched alkanes of at least 4 members (excludes halogenated alkanes) is 3. The molecule has 0 aliphatic heterocycles. The Balaban J connectivity index is 2.31. The highest BCUT2D eigenvalue weighted by Gasteiger charge is 2.12. The second kappa shape index (κ2) is 7.79. The fourth-order valence-electron chi connectivity index (χ4n) is 1.37. The van der Waals surface area contributed by atoms with Gasteiger partial charge in [-0.2, -0.15) is 0 Å². The first-order valence-electron chi connectivity index (χ1n) is 5.62. The van der Waals surface area contributed by atoms with Crippen LogP contribution in [-0.2, 0) is 10.0 Å². The van der Waals surface area contributed by atoms with Crippen LogP contribution in [0.3, 0.4) is 0 Å². The molecular weight excluding hydrogens is 304 g/mol. The number of aromatic nitrogens is 1. The zero-order chi connectivity index (χ0) is 12.6. The lowest BCUT2D eigenvalue weighted by atomic mass is 10.2. The molecule has 1 N–H and O–H groups in total. The molecule has 6 heteroatoms. The van der Waals surface area contributed by atoms with Crippen molar-refractivity contribution in [1.29, 1.82) is 0 Å². The lowest BCUT2D eigenvalue weighted by molar-refractivity contribution is 0.573. The maximum atomic E-state index is 11.8. The third-order valence-electron chi connectivity index (χ3n) is 2.30. The van der Waals surface area contributed by atoms with Crippen molar-refractivity contribution in [2.24, 2.45) is 0 Å². The molecule has 0 fully saturated rings. The van der Waals surface area contributed by atoms with Crippen molar-refractivity contribution >= 4 is 26.0 Å². The van der Waals surface area contributed by atoms with E-state index >= 15 is 0 Å². The van der Waals surface area contributed by atoms with Gasteiger partial charge in [-0.1, -0.05) is 28.8 Å². The lowest BCUT2D eigenvalue weighted by Gasteiger charge is -2.05. The van der Waals surface area contributed by atoms with Gasteiger partial charge in [0.1, 0.15) is 4.90 Å². The number of rotatable bonds is 8. The first-order valence-corrected chi connectivity index (χ1v) is 8.23. The molecule has 0 saturated carbocycles. The molecule has 0 spiro atoms. The van der Waals surface area contributed by atoms with Crippen LogP contribution in [-0.4, -0.2) is 25.3 Å². The van der Waals surface area contributed by atoms with Crippen LogP contribution in [0.1, 0.15) is 25.7 Å². The molecule has 4 nitrogen and oxygen atoms in total. The minimum absolute atomic E-state index is 0.223. The van der Waals surface area contributed by atoms with Gasteiger partial charge in [0, 0.05) is 24.3 Å². The van der Waals surface area contributed by atoms with E-state index < -0.39 is 10.0 Å². The summed E-state index contributed by atoms with van der Waals surface area (Å²) in [7, 11) is -3.37. The Morgan fingerprint density at radius 3 is 2.65 bits per heavy atom. The van der Waals surface area contributed by atoms with Gasteiger partial charge in [0.05, 0.1) is 0 Å². The minimum atomic E-state index is -3.37. The fourth-order valence-corrected chi connectivity index (χ4v) is 2.80. The van der Waals surface area contributed by atoms with Gasteiger partial charge in [-0.3, -0.25) is 4.98 Å². The molecule has 1 aromatic rings. The van der Waals surface area contributed by atoms with E-state index in [1.807, 2.05) is 0 Å². The lowest BCUT2D eigenvalue weighted by Crippen LogP contribution is -2.24. The number of nitrogens with zero attached hydrogens (tertiary/aromatic N) is 1. The van der Waals surface area contributed by atoms with E-state index in [0.717, 1.165) is 31.0 Å². The number of hydrogen-bond acceptors (Lipinski definition) is 3. The number of sulfonamides is 1. The molecule has 0 atom stereocenters. The predicted molar refractivity (Wildman–Crippen MR) is 71.7 cm³/mol. The summed E-state index contributed by atoms with van der Waals surface area (Å²) in [5.74, 6) is 0. The molecule has 1 aromatic heterocycles. The predicted octanol–water partition coefficient (Wildman–Crippen LogP) is 2.32. The zero-order valence-corrected chi connectivity index (χ0v) is 12.0. The third-order valence-corrected chi connectivity index (χ3v) is 4.30. The fraction of sp³-hybridized carbons (Fsp3) is 0.545. The maximum Gasteiger partial charge on any atom is 0.242 e. The third kappa shape index (κ3) is 5.61. The second-order valence-electron chi connectivity index (χ2n) is 3.69. The van der Waals surface area contributed by atoms with Gasteiger partial charge in [0.2, 0.25) is 10.0 Å². The molecule has 17 heavy (non-hydrogen) atoms. The summed E-state index contributed by atoms with van der Waals surface area (Å²) in [6.45, 7) is 0.486. The highest BCUT2D eigenvalue weighted by atomic mass is 79.9. The van der Waals surface area contributed by atoms with E-state index in [1.165, 1.54) is 6.20 Å². The van der Waals surface area contributed by atoms with Crippen LogP contribution >= 0.6 is 15.9 Å². The Labute approximate surface area is 111 Å². The van der Waals surface area contributed by atoms with Gasteiger partial charge < -0.3 is 0 Å².